The Labute approximate surface area is 92.9 Å². The van der Waals surface area contributed by atoms with Crippen molar-refractivity contribution in [2.75, 3.05) is 46.9 Å². The maximum absolute atomic E-state index is 5.08. The van der Waals surface area contributed by atoms with Crippen LogP contribution in [0.2, 0.25) is 0 Å². The number of nitrogens with zero attached hydrogens (tertiary/aromatic N) is 1. The van der Waals surface area contributed by atoms with Gasteiger partial charge >= 0.3 is 0 Å². The summed E-state index contributed by atoms with van der Waals surface area (Å²) in [5.74, 6) is 0. The lowest BCUT2D eigenvalue weighted by Gasteiger charge is -2.16. The van der Waals surface area contributed by atoms with Crippen LogP contribution in [0.4, 0.5) is 0 Å². The lowest BCUT2D eigenvalue weighted by atomic mass is 10.4. The molecule has 1 heterocycles. The summed E-state index contributed by atoms with van der Waals surface area (Å²) in [6.07, 6.45) is 3.85. The highest BCUT2D eigenvalue weighted by molar-refractivity contribution is 4.66. The van der Waals surface area contributed by atoms with Gasteiger partial charge < -0.3 is 19.7 Å². The van der Waals surface area contributed by atoms with E-state index in [0.29, 0.717) is 0 Å². The highest BCUT2D eigenvalue weighted by atomic mass is 16.7. The van der Waals surface area contributed by atoms with E-state index in [9.17, 15) is 0 Å². The van der Waals surface area contributed by atoms with Gasteiger partial charge in [-0.3, -0.25) is 0 Å². The van der Waals surface area contributed by atoms with E-state index in [1.165, 1.54) is 38.9 Å². The van der Waals surface area contributed by atoms with E-state index in [-0.39, 0.29) is 6.29 Å². The van der Waals surface area contributed by atoms with Gasteiger partial charge in [0.15, 0.2) is 6.29 Å². The van der Waals surface area contributed by atoms with E-state index < -0.39 is 0 Å². The van der Waals surface area contributed by atoms with Crippen molar-refractivity contribution in [3.63, 3.8) is 0 Å². The lowest BCUT2D eigenvalue weighted by molar-refractivity contribution is -0.0986. The molecule has 1 aliphatic rings. The molecular formula is C11H24N2O2. The number of methoxy groups -OCH3 is 2. The second kappa shape index (κ2) is 8.05. The zero-order valence-corrected chi connectivity index (χ0v) is 10.00. The van der Waals surface area contributed by atoms with E-state index in [4.69, 9.17) is 9.47 Å². The molecule has 1 aliphatic heterocycles. The van der Waals surface area contributed by atoms with Gasteiger partial charge in [-0.25, -0.2) is 0 Å². The summed E-state index contributed by atoms with van der Waals surface area (Å²) in [5, 5.41) is 3.33. The summed E-state index contributed by atoms with van der Waals surface area (Å²) in [7, 11) is 3.33. The van der Waals surface area contributed by atoms with E-state index in [1.807, 2.05) is 0 Å². The smallest absolute Gasteiger partial charge is 0.169 e. The summed E-state index contributed by atoms with van der Waals surface area (Å²) in [4.78, 5) is 2.53. The molecule has 0 aliphatic carbocycles. The summed E-state index contributed by atoms with van der Waals surface area (Å²) < 4.78 is 10.2. The fraction of sp³-hybridized carbons (Fsp3) is 1.00. The fourth-order valence-corrected chi connectivity index (χ4v) is 1.92. The molecule has 1 rings (SSSR count). The quantitative estimate of drug-likeness (QED) is 0.478. The molecule has 0 spiro atoms. The van der Waals surface area contributed by atoms with Crippen molar-refractivity contribution in [1.82, 2.24) is 10.2 Å². The van der Waals surface area contributed by atoms with Crippen LogP contribution in [0, 0.1) is 0 Å². The van der Waals surface area contributed by atoms with Crippen LogP contribution >= 0.6 is 0 Å². The first-order valence-electron chi connectivity index (χ1n) is 5.85. The molecule has 0 aromatic carbocycles. The van der Waals surface area contributed by atoms with Crippen molar-refractivity contribution >= 4 is 0 Å². The first-order valence-corrected chi connectivity index (χ1v) is 5.85. The Balaban J connectivity index is 1.87. The molecule has 1 saturated heterocycles. The third kappa shape index (κ3) is 5.47. The van der Waals surface area contributed by atoms with Crippen LogP contribution < -0.4 is 5.32 Å². The average molecular weight is 216 g/mol. The minimum atomic E-state index is -0.114. The van der Waals surface area contributed by atoms with Gasteiger partial charge in [0.25, 0.3) is 0 Å². The topological polar surface area (TPSA) is 33.7 Å². The van der Waals surface area contributed by atoms with Crippen molar-refractivity contribution in [3.05, 3.63) is 0 Å². The van der Waals surface area contributed by atoms with Crippen molar-refractivity contribution in [2.45, 2.75) is 25.6 Å². The third-order valence-electron chi connectivity index (χ3n) is 2.86. The summed E-state index contributed by atoms with van der Waals surface area (Å²) in [6.45, 7) is 5.61. The molecule has 4 heteroatoms. The summed E-state index contributed by atoms with van der Waals surface area (Å²) in [5.41, 5.74) is 0. The Hall–Kier alpha value is -0.160. The van der Waals surface area contributed by atoms with E-state index in [1.54, 1.807) is 14.2 Å². The lowest BCUT2D eigenvalue weighted by Crippen LogP contribution is -2.32. The van der Waals surface area contributed by atoms with Gasteiger partial charge in [0.2, 0.25) is 0 Å². The number of hydrogen-bond acceptors (Lipinski definition) is 4. The monoisotopic (exact) mass is 216 g/mol. The average Bonchev–Trinajstić information content (AvgIpc) is 2.76. The molecule has 0 aromatic rings. The SMILES string of the molecule is COC(CNCCCN1CCCC1)OC. The molecule has 0 bridgehead atoms. The van der Waals surface area contributed by atoms with E-state index >= 15 is 0 Å². The summed E-state index contributed by atoms with van der Waals surface area (Å²) in [6, 6.07) is 0. The van der Waals surface area contributed by atoms with E-state index in [2.05, 4.69) is 10.2 Å². The van der Waals surface area contributed by atoms with Crippen molar-refractivity contribution in [3.8, 4) is 0 Å². The van der Waals surface area contributed by atoms with Crippen molar-refractivity contribution in [2.24, 2.45) is 0 Å². The minimum absolute atomic E-state index is 0.114. The van der Waals surface area contributed by atoms with Crippen molar-refractivity contribution < 1.29 is 9.47 Å². The normalized spacial score (nSPS) is 17.8. The maximum Gasteiger partial charge on any atom is 0.169 e. The molecule has 4 nitrogen and oxygen atoms in total. The number of ether oxygens (including phenoxy) is 2. The van der Waals surface area contributed by atoms with Crippen LogP contribution in [0.5, 0.6) is 0 Å². The first kappa shape index (κ1) is 12.9. The number of hydrogen-bond donors (Lipinski definition) is 1. The molecule has 90 valence electrons. The molecule has 15 heavy (non-hydrogen) atoms. The molecule has 0 atom stereocenters. The Morgan fingerprint density at radius 1 is 1.20 bits per heavy atom. The summed E-state index contributed by atoms with van der Waals surface area (Å²) >= 11 is 0. The number of likely N-dealkylation sites (tertiary alicyclic amines) is 1. The molecule has 0 aromatic heterocycles. The fourth-order valence-electron chi connectivity index (χ4n) is 1.92. The number of nitrogens with one attached hydrogen (secondary N) is 1. The Morgan fingerprint density at radius 3 is 2.47 bits per heavy atom. The molecular weight excluding hydrogens is 192 g/mol. The second-order valence-electron chi connectivity index (χ2n) is 4.01. The molecule has 1 N–H and O–H groups in total. The molecule has 0 radical (unpaired) electrons. The van der Waals surface area contributed by atoms with Gasteiger partial charge in [-0.05, 0) is 45.4 Å². The van der Waals surface area contributed by atoms with Crippen LogP contribution in [0.25, 0.3) is 0 Å². The van der Waals surface area contributed by atoms with E-state index in [0.717, 1.165) is 13.1 Å². The van der Waals surface area contributed by atoms with Gasteiger partial charge in [0, 0.05) is 20.8 Å². The zero-order valence-electron chi connectivity index (χ0n) is 10.00. The zero-order chi connectivity index (χ0) is 10.9. The highest BCUT2D eigenvalue weighted by Gasteiger charge is 2.10. The minimum Gasteiger partial charge on any atom is -0.355 e. The predicted octanol–water partition coefficient (Wildman–Crippen LogP) is 0.681. The highest BCUT2D eigenvalue weighted by Crippen LogP contribution is 2.06. The largest absolute Gasteiger partial charge is 0.355 e. The Morgan fingerprint density at radius 2 is 1.87 bits per heavy atom. The van der Waals surface area contributed by atoms with Crippen LogP contribution in [-0.2, 0) is 9.47 Å². The number of rotatable bonds is 8. The maximum atomic E-state index is 5.08. The third-order valence-corrected chi connectivity index (χ3v) is 2.86. The molecule has 0 unspecified atom stereocenters. The van der Waals surface area contributed by atoms with Crippen LogP contribution in [0.15, 0.2) is 0 Å². The Kier molecular flexibility index (Phi) is 6.92. The second-order valence-corrected chi connectivity index (χ2v) is 4.01. The standard InChI is InChI=1S/C11H24N2O2/c1-14-11(15-2)10-12-6-5-9-13-7-3-4-8-13/h11-12H,3-10H2,1-2H3. The van der Waals surface area contributed by atoms with Gasteiger partial charge in [-0.2, -0.15) is 0 Å². The van der Waals surface area contributed by atoms with Gasteiger partial charge in [0.1, 0.15) is 0 Å². The van der Waals surface area contributed by atoms with Gasteiger partial charge in [0.05, 0.1) is 0 Å². The van der Waals surface area contributed by atoms with Gasteiger partial charge in [-0.1, -0.05) is 0 Å². The molecule has 0 saturated carbocycles. The van der Waals surface area contributed by atoms with Crippen molar-refractivity contribution in [1.29, 1.82) is 0 Å². The van der Waals surface area contributed by atoms with Crippen LogP contribution in [0.1, 0.15) is 19.3 Å². The predicted molar refractivity (Wildman–Crippen MR) is 61.0 cm³/mol. The van der Waals surface area contributed by atoms with Crippen LogP contribution in [0.3, 0.4) is 0 Å². The van der Waals surface area contributed by atoms with Crippen LogP contribution in [-0.4, -0.2) is 58.1 Å². The first-order chi connectivity index (χ1) is 7.36. The molecule has 0 amide bonds. The van der Waals surface area contributed by atoms with Gasteiger partial charge in [-0.15, -0.1) is 0 Å². The molecule has 1 fully saturated rings. The Bertz CT molecular complexity index is 142.